The van der Waals surface area contributed by atoms with Crippen molar-refractivity contribution in [3.63, 3.8) is 0 Å². The molecule has 0 fully saturated rings. The fraction of sp³-hybridized carbons (Fsp3) is 0.0909. The average molecular weight is 300 g/mol. The number of hydrazine groups is 1. The van der Waals surface area contributed by atoms with Crippen LogP contribution < -0.4 is 16.6 Å². The molecule has 0 radical (unpaired) electrons. The Balaban J connectivity index is 2.31. The van der Waals surface area contributed by atoms with Gasteiger partial charge in [-0.2, -0.15) is 0 Å². The lowest BCUT2D eigenvalue weighted by molar-refractivity contribution is 0.632. The lowest BCUT2D eigenvalue weighted by Crippen LogP contribution is -2.10. The van der Waals surface area contributed by atoms with E-state index < -0.39 is 5.82 Å². The Morgan fingerprint density at radius 2 is 2.00 bits per heavy atom. The van der Waals surface area contributed by atoms with Crippen molar-refractivity contribution in [2.75, 3.05) is 17.0 Å². The zero-order chi connectivity index (χ0) is 13.8. The summed E-state index contributed by atoms with van der Waals surface area (Å²) in [4.78, 5) is 8.31. The number of nitrogens with zero attached hydrogens (tertiary/aromatic N) is 2. The van der Waals surface area contributed by atoms with Crippen molar-refractivity contribution >= 4 is 40.7 Å². The van der Waals surface area contributed by atoms with E-state index in [0.29, 0.717) is 21.8 Å². The van der Waals surface area contributed by atoms with Crippen LogP contribution in [0.4, 0.5) is 21.7 Å². The fourth-order valence-corrected chi connectivity index (χ4v) is 1.92. The summed E-state index contributed by atoms with van der Waals surface area (Å²) in [5, 5.41) is 3.71. The molecule has 0 saturated heterocycles. The van der Waals surface area contributed by atoms with Gasteiger partial charge in [0.15, 0.2) is 5.16 Å². The summed E-state index contributed by atoms with van der Waals surface area (Å²) >= 11 is 7.05. The van der Waals surface area contributed by atoms with Gasteiger partial charge in [-0.3, -0.25) is 0 Å². The van der Waals surface area contributed by atoms with Gasteiger partial charge in [0.05, 0.1) is 5.69 Å². The van der Waals surface area contributed by atoms with Gasteiger partial charge in [0.25, 0.3) is 0 Å². The molecule has 1 aromatic heterocycles. The van der Waals surface area contributed by atoms with E-state index in [2.05, 4.69) is 20.7 Å². The monoisotopic (exact) mass is 299 g/mol. The molecule has 2 rings (SSSR count). The first-order valence-corrected chi connectivity index (χ1v) is 6.84. The summed E-state index contributed by atoms with van der Waals surface area (Å²) < 4.78 is 13.7. The molecule has 5 nitrogen and oxygen atoms in total. The van der Waals surface area contributed by atoms with Crippen LogP contribution in [-0.4, -0.2) is 16.2 Å². The maximum absolute atomic E-state index is 13.7. The topological polar surface area (TPSA) is 75.9 Å². The van der Waals surface area contributed by atoms with Crippen LogP contribution in [0.2, 0.25) is 5.02 Å². The summed E-state index contributed by atoms with van der Waals surface area (Å²) in [6.45, 7) is 0. The maximum Gasteiger partial charge on any atom is 0.191 e. The largest absolute Gasteiger partial charge is 0.338 e. The second-order valence-electron chi connectivity index (χ2n) is 3.52. The number of benzene rings is 1. The Hall–Kier alpha value is -1.57. The van der Waals surface area contributed by atoms with E-state index in [4.69, 9.17) is 17.4 Å². The number of nitrogens with two attached hydrogens (primary N) is 1. The third-order valence-electron chi connectivity index (χ3n) is 2.23. The summed E-state index contributed by atoms with van der Waals surface area (Å²) in [6.07, 6.45) is 1.84. The predicted octanol–water partition coefficient (Wildman–Crippen LogP) is 3.02. The van der Waals surface area contributed by atoms with Gasteiger partial charge in [-0.1, -0.05) is 23.4 Å². The van der Waals surface area contributed by atoms with Crippen molar-refractivity contribution in [3.8, 4) is 0 Å². The molecule has 8 heteroatoms. The molecule has 0 saturated carbocycles. The molecule has 2 aromatic rings. The first kappa shape index (κ1) is 13.9. The smallest absolute Gasteiger partial charge is 0.191 e. The highest BCUT2D eigenvalue weighted by Gasteiger charge is 2.07. The summed E-state index contributed by atoms with van der Waals surface area (Å²) in [6, 6.07) is 5.93. The Kier molecular flexibility index (Phi) is 4.41. The molecule has 1 aromatic carbocycles. The second-order valence-corrected chi connectivity index (χ2v) is 4.73. The van der Waals surface area contributed by atoms with Crippen molar-refractivity contribution in [2.24, 2.45) is 5.84 Å². The molecular formula is C11H11ClFN5S. The first-order chi connectivity index (χ1) is 9.12. The fourth-order valence-electron chi connectivity index (χ4n) is 1.38. The van der Waals surface area contributed by atoms with Gasteiger partial charge in [-0.25, -0.2) is 20.2 Å². The van der Waals surface area contributed by atoms with E-state index in [1.807, 2.05) is 6.26 Å². The molecule has 19 heavy (non-hydrogen) atoms. The highest BCUT2D eigenvalue weighted by molar-refractivity contribution is 7.98. The first-order valence-electron chi connectivity index (χ1n) is 5.24. The van der Waals surface area contributed by atoms with Crippen molar-refractivity contribution in [1.82, 2.24) is 9.97 Å². The van der Waals surface area contributed by atoms with E-state index in [9.17, 15) is 4.39 Å². The molecule has 0 aliphatic rings. The SMILES string of the molecule is CSc1nc(NN)cc(Nc2ccc(Cl)cc2F)n1. The molecule has 1 heterocycles. The third kappa shape index (κ3) is 3.46. The molecule has 4 N–H and O–H groups in total. The molecule has 0 aliphatic heterocycles. The van der Waals surface area contributed by atoms with Crippen LogP contribution in [0.25, 0.3) is 0 Å². The van der Waals surface area contributed by atoms with E-state index >= 15 is 0 Å². The number of halogens is 2. The zero-order valence-electron chi connectivity index (χ0n) is 9.95. The average Bonchev–Trinajstić information content (AvgIpc) is 2.41. The van der Waals surface area contributed by atoms with Crippen molar-refractivity contribution < 1.29 is 4.39 Å². The van der Waals surface area contributed by atoms with Crippen LogP contribution in [-0.2, 0) is 0 Å². The Morgan fingerprint density at radius 3 is 2.63 bits per heavy atom. The van der Waals surface area contributed by atoms with Gasteiger partial charge in [0, 0.05) is 11.1 Å². The molecule has 0 aliphatic carbocycles. The van der Waals surface area contributed by atoms with Crippen LogP contribution in [0.1, 0.15) is 0 Å². The number of hydrogen-bond donors (Lipinski definition) is 3. The second kappa shape index (κ2) is 6.05. The summed E-state index contributed by atoms with van der Waals surface area (Å²) in [5.41, 5.74) is 2.71. The van der Waals surface area contributed by atoms with Gasteiger partial charge in [0.1, 0.15) is 17.5 Å². The standard InChI is InChI=1S/C11H11ClFN5S/c1-19-11-16-9(5-10(17-11)18-14)15-8-3-2-6(12)4-7(8)13/h2-5H,14H2,1H3,(H2,15,16,17,18). The summed E-state index contributed by atoms with van der Waals surface area (Å²) in [5.74, 6) is 5.74. The Labute approximate surface area is 118 Å². The minimum atomic E-state index is -0.459. The number of hydrogen-bond acceptors (Lipinski definition) is 6. The van der Waals surface area contributed by atoms with Crippen LogP contribution >= 0.6 is 23.4 Å². The minimum absolute atomic E-state index is 0.276. The lowest BCUT2D eigenvalue weighted by Gasteiger charge is -2.09. The van der Waals surface area contributed by atoms with Crippen LogP contribution in [0.3, 0.4) is 0 Å². The number of aromatic nitrogens is 2. The van der Waals surface area contributed by atoms with Crippen LogP contribution in [0.5, 0.6) is 0 Å². The number of thioether (sulfide) groups is 1. The van der Waals surface area contributed by atoms with Crippen molar-refractivity contribution in [1.29, 1.82) is 0 Å². The van der Waals surface area contributed by atoms with E-state index in [1.165, 1.54) is 23.9 Å². The van der Waals surface area contributed by atoms with Gasteiger partial charge in [0.2, 0.25) is 0 Å². The molecular weight excluding hydrogens is 289 g/mol. The van der Waals surface area contributed by atoms with Crippen LogP contribution in [0.15, 0.2) is 29.4 Å². The third-order valence-corrected chi connectivity index (χ3v) is 3.01. The maximum atomic E-state index is 13.7. The van der Waals surface area contributed by atoms with Gasteiger partial charge in [-0.05, 0) is 24.5 Å². The normalized spacial score (nSPS) is 10.3. The van der Waals surface area contributed by atoms with Gasteiger partial charge >= 0.3 is 0 Å². The number of nitrogens with one attached hydrogen (secondary N) is 2. The highest BCUT2D eigenvalue weighted by atomic mass is 35.5. The molecule has 0 amide bonds. The number of rotatable bonds is 4. The Bertz CT molecular complexity index is 573. The number of anilines is 3. The van der Waals surface area contributed by atoms with Crippen LogP contribution in [0, 0.1) is 5.82 Å². The summed E-state index contributed by atoms with van der Waals surface area (Å²) in [7, 11) is 0. The lowest BCUT2D eigenvalue weighted by atomic mass is 10.3. The molecule has 0 atom stereocenters. The van der Waals surface area contributed by atoms with E-state index in [0.717, 1.165) is 0 Å². The minimum Gasteiger partial charge on any atom is -0.338 e. The zero-order valence-corrected chi connectivity index (χ0v) is 11.5. The van der Waals surface area contributed by atoms with E-state index in [1.54, 1.807) is 12.1 Å². The van der Waals surface area contributed by atoms with Crippen molar-refractivity contribution in [3.05, 3.63) is 35.1 Å². The molecule has 0 unspecified atom stereocenters. The number of nitrogen functional groups attached to an aromatic ring is 1. The predicted molar refractivity (Wildman–Crippen MR) is 76.3 cm³/mol. The van der Waals surface area contributed by atoms with Gasteiger partial charge < -0.3 is 10.7 Å². The quantitative estimate of drug-likeness (QED) is 0.349. The molecule has 0 bridgehead atoms. The Morgan fingerprint density at radius 1 is 1.26 bits per heavy atom. The molecule has 100 valence electrons. The van der Waals surface area contributed by atoms with Gasteiger partial charge in [-0.15, -0.1) is 0 Å². The van der Waals surface area contributed by atoms with E-state index in [-0.39, 0.29) is 5.69 Å². The van der Waals surface area contributed by atoms with Crippen molar-refractivity contribution in [2.45, 2.75) is 5.16 Å². The molecule has 0 spiro atoms. The highest BCUT2D eigenvalue weighted by Crippen LogP contribution is 2.24.